The number of nitrogens with zero attached hydrogens (tertiary/aromatic N) is 3. The normalized spacial score (nSPS) is 11.3. The molecule has 0 radical (unpaired) electrons. The Bertz CT molecular complexity index is 294. The Morgan fingerprint density at radius 1 is 1.47 bits per heavy atom. The average Bonchev–Trinajstić information content (AvgIpc) is 2.58. The Morgan fingerprint density at radius 2 is 2.20 bits per heavy atom. The van der Waals surface area contributed by atoms with Gasteiger partial charge in [0.25, 0.3) is 0 Å². The molecule has 0 fully saturated rings. The van der Waals surface area contributed by atoms with Crippen molar-refractivity contribution in [3.8, 4) is 0 Å². The fourth-order valence-corrected chi connectivity index (χ4v) is 1.60. The van der Waals surface area contributed by atoms with Gasteiger partial charge in [0.15, 0.2) is 0 Å². The SMILES string of the molecule is CCCc1c(CO)cnn1CCN(C)C. The van der Waals surface area contributed by atoms with Gasteiger partial charge < -0.3 is 10.0 Å². The Hall–Kier alpha value is -0.870. The van der Waals surface area contributed by atoms with E-state index in [0.29, 0.717) is 0 Å². The van der Waals surface area contributed by atoms with Crippen molar-refractivity contribution in [2.45, 2.75) is 32.9 Å². The zero-order valence-corrected chi connectivity index (χ0v) is 9.90. The van der Waals surface area contributed by atoms with Gasteiger partial charge >= 0.3 is 0 Å². The lowest BCUT2D eigenvalue weighted by atomic mass is 10.2. The fraction of sp³-hybridized carbons (Fsp3) is 0.727. The summed E-state index contributed by atoms with van der Waals surface area (Å²) >= 11 is 0. The predicted octanol–water partition coefficient (Wildman–Crippen LogP) is 0.889. The van der Waals surface area contributed by atoms with Gasteiger partial charge in [-0.3, -0.25) is 4.68 Å². The Labute approximate surface area is 91.5 Å². The molecule has 0 atom stereocenters. The van der Waals surface area contributed by atoms with Crippen LogP contribution in [0.1, 0.15) is 24.6 Å². The molecular formula is C11H21N3O. The van der Waals surface area contributed by atoms with Crippen LogP contribution < -0.4 is 0 Å². The zero-order valence-electron chi connectivity index (χ0n) is 9.90. The number of aliphatic hydroxyl groups is 1. The number of hydrogen-bond acceptors (Lipinski definition) is 3. The first-order valence-corrected chi connectivity index (χ1v) is 5.48. The Kier molecular flexibility index (Phi) is 4.78. The maximum atomic E-state index is 9.17. The van der Waals surface area contributed by atoms with Gasteiger partial charge in [-0.2, -0.15) is 5.10 Å². The lowest BCUT2D eigenvalue weighted by Gasteiger charge is -2.12. The first-order chi connectivity index (χ1) is 7.19. The molecule has 0 aliphatic rings. The summed E-state index contributed by atoms with van der Waals surface area (Å²) in [5.74, 6) is 0. The molecule has 4 nitrogen and oxygen atoms in total. The fourth-order valence-electron chi connectivity index (χ4n) is 1.60. The highest BCUT2D eigenvalue weighted by atomic mass is 16.3. The van der Waals surface area contributed by atoms with Crippen molar-refractivity contribution in [2.24, 2.45) is 0 Å². The number of aromatic nitrogens is 2. The summed E-state index contributed by atoms with van der Waals surface area (Å²) in [5.41, 5.74) is 2.15. The molecule has 0 saturated heterocycles. The molecule has 1 aromatic heterocycles. The van der Waals surface area contributed by atoms with E-state index in [2.05, 4.69) is 31.0 Å². The van der Waals surface area contributed by atoms with Gasteiger partial charge in [0.05, 0.1) is 19.3 Å². The predicted molar refractivity (Wildman–Crippen MR) is 60.7 cm³/mol. The average molecular weight is 211 g/mol. The van der Waals surface area contributed by atoms with E-state index in [-0.39, 0.29) is 6.61 Å². The van der Waals surface area contributed by atoms with Crippen molar-refractivity contribution >= 4 is 0 Å². The smallest absolute Gasteiger partial charge is 0.0715 e. The van der Waals surface area contributed by atoms with Crippen LogP contribution in [0.5, 0.6) is 0 Å². The van der Waals surface area contributed by atoms with E-state index in [9.17, 15) is 5.11 Å². The molecule has 4 heteroatoms. The summed E-state index contributed by atoms with van der Waals surface area (Å²) in [6.45, 7) is 4.10. The van der Waals surface area contributed by atoms with E-state index in [0.717, 1.165) is 31.5 Å². The molecule has 15 heavy (non-hydrogen) atoms. The van der Waals surface area contributed by atoms with Gasteiger partial charge in [0.1, 0.15) is 0 Å². The molecule has 0 aliphatic carbocycles. The molecule has 1 heterocycles. The van der Waals surface area contributed by atoms with Gasteiger partial charge in [0.2, 0.25) is 0 Å². The van der Waals surface area contributed by atoms with Gasteiger partial charge in [-0.15, -0.1) is 0 Å². The summed E-state index contributed by atoms with van der Waals surface area (Å²) < 4.78 is 2.01. The van der Waals surface area contributed by atoms with Crippen molar-refractivity contribution in [3.05, 3.63) is 17.5 Å². The van der Waals surface area contributed by atoms with E-state index in [1.807, 2.05) is 4.68 Å². The third-order valence-corrected chi connectivity index (χ3v) is 2.45. The maximum Gasteiger partial charge on any atom is 0.0715 e. The van der Waals surface area contributed by atoms with Crippen LogP contribution in [0, 0.1) is 0 Å². The summed E-state index contributed by atoms with van der Waals surface area (Å²) in [7, 11) is 4.10. The van der Waals surface area contributed by atoms with Crippen LogP contribution in [-0.4, -0.2) is 40.4 Å². The van der Waals surface area contributed by atoms with Crippen LogP contribution in [0.25, 0.3) is 0 Å². The molecule has 1 rings (SSSR count). The van der Waals surface area contributed by atoms with Gasteiger partial charge in [-0.05, 0) is 20.5 Å². The third kappa shape index (κ3) is 3.32. The van der Waals surface area contributed by atoms with E-state index in [1.165, 1.54) is 5.69 Å². The monoisotopic (exact) mass is 211 g/mol. The molecule has 0 unspecified atom stereocenters. The summed E-state index contributed by atoms with van der Waals surface area (Å²) in [5, 5.41) is 13.5. The van der Waals surface area contributed by atoms with E-state index < -0.39 is 0 Å². The summed E-state index contributed by atoms with van der Waals surface area (Å²) in [6, 6.07) is 0. The van der Waals surface area contributed by atoms with Gasteiger partial charge in [0, 0.05) is 17.8 Å². The quantitative estimate of drug-likeness (QED) is 0.759. The first kappa shape index (κ1) is 12.2. The van der Waals surface area contributed by atoms with Crippen LogP contribution in [-0.2, 0) is 19.6 Å². The molecule has 0 bridgehead atoms. The molecular weight excluding hydrogens is 190 g/mol. The van der Waals surface area contributed by atoms with Crippen LogP contribution in [0.4, 0.5) is 0 Å². The van der Waals surface area contributed by atoms with Crippen LogP contribution in [0.15, 0.2) is 6.20 Å². The van der Waals surface area contributed by atoms with Crippen LogP contribution in [0.3, 0.4) is 0 Å². The zero-order chi connectivity index (χ0) is 11.3. The molecule has 0 aromatic carbocycles. The van der Waals surface area contributed by atoms with E-state index >= 15 is 0 Å². The van der Waals surface area contributed by atoms with Crippen molar-refractivity contribution in [1.82, 2.24) is 14.7 Å². The summed E-state index contributed by atoms with van der Waals surface area (Å²) in [4.78, 5) is 2.13. The molecule has 1 N–H and O–H groups in total. The minimum absolute atomic E-state index is 0.0945. The molecule has 1 aromatic rings. The van der Waals surface area contributed by atoms with Gasteiger partial charge in [-0.25, -0.2) is 0 Å². The van der Waals surface area contributed by atoms with Crippen molar-refractivity contribution in [1.29, 1.82) is 0 Å². The van der Waals surface area contributed by atoms with Crippen molar-refractivity contribution < 1.29 is 5.11 Å². The number of aliphatic hydroxyl groups excluding tert-OH is 1. The Balaban J connectivity index is 2.72. The Morgan fingerprint density at radius 3 is 2.73 bits per heavy atom. The standard InChI is InChI=1S/C11H21N3O/c1-4-5-11-10(9-15)8-12-14(11)7-6-13(2)3/h8,15H,4-7,9H2,1-3H3. The lowest BCUT2D eigenvalue weighted by molar-refractivity contribution is 0.280. The number of rotatable bonds is 6. The minimum atomic E-state index is 0.0945. The van der Waals surface area contributed by atoms with Crippen molar-refractivity contribution in [3.63, 3.8) is 0 Å². The molecule has 0 aliphatic heterocycles. The second-order valence-corrected chi connectivity index (χ2v) is 4.05. The van der Waals surface area contributed by atoms with E-state index in [1.54, 1.807) is 6.20 Å². The highest BCUT2D eigenvalue weighted by molar-refractivity contribution is 5.16. The molecule has 86 valence electrons. The molecule has 0 saturated carbocycles. The van der Waals surface area contributed by atoms with Crippen molar-refractivity contribution in [2.75, 3.05) is 20.6 Å². The second-order valence-electron chi connectivity index (χ2n) is 4.05. The largest absolute Gasteiger partial charge is 0.392 e. The highest BCUT2D eigenvalue weighted by Gasteiger charge is 2.08. The maximum absolute atomic E-state index is 9.17. The third-order valence-electron chi connectivity index (χ3n) is 2.45. The number of hydrogen-bond donors (Lipinski definition) is 1. The second kappa shape index (κ2) is 5.88. The molecule has 0 amide bonds. The highest BCUT2D eigenvalue weighted by Crippen LogP contribution is 2.11. The number of likely N-dealkylation sites (N-methyl/N-ethyl adjacent to an activating group) is 1. The topological polar surface area (TPSA) is 41.3 Å². The van der Waals surface area contributed by atoms with Crippen LogP contribution in [0.2, 0.25) is 0 Å². The minimum Gasteiger partial charge on any atom is -0.392 e. The van der Waals surface area contributed by atoms with Crippen LogP contribution >= 0.6 is 0 Å². The molecule has 0 spiro atoms. The first-order valence-electron chi connectivity index (χ1n) is 5.48. The summed E-state index contributed by atoms with van der Waals surface area (Å²) in [6.07, 6.45) is 3.85. The van der Waals surface area contributed by atoms with Gasteiger partial charge in [-0.1, -0.05) is 13.3 Å². The van der Waals surface area contributed by atoms with E-state index in [4.69, 9.17) is 0 Å². The lowest BCUT2D eigenvalue weighted by Crippen LogP contribution is -2.20.